The zero-order chi connectivity index (χ0) is 14.5. The summed E-state index contributed by atoms with van der Waals surface area (Å²) in [5.41, 5.74) is 0.562. The van der Waals surface area contributed by atoms with Crippen LogP contribution in [0.5, 0.6) is 0 Å². The molecule has 1 aromatic carbocycles. The molecular formula is C14H19N3O3. The second kappa shape index (κ2) is 6.47. The van der Waals surface area contributed by atoms with Crippen LogP contribution in [-0.2, 0) is 11.3 Å². The molecule has 0 saturated carbocycles. The van der Waals surface area contributed by atoms with Crippen molar-refractivity contribution in [3.63, 3.8) is 0 Å². The first-order valence-electron chi connectivity index (χ1n) is 6.81. The molecule has 108 valence electrons. The third kappa shape index (κ3) is 3.54. The molecule has 20 heavy (non-hydrogen) atoms. The van der Waals surface area contributed by atoms with Gasteiger partial charge in [0.25, 0.3) is 5.69 Å². The molecule has 1 amide bonds. The molecule has 0 radical (unpaired) electrons. The van der Waals surface area contributed by atoms with Crippen molar-refractivity contribution in [3.05, 3.63) is 39.9 Å². The predicted octanol–water partition coefficient (Wildman–Crippen LogP) is 1.60. The molecule has 0 bridgehead atoms. The summed E-state index contributed by atoms with van der Waals surface area (Å²) in [6.07, 6.45) is 1.89. The topological polar surface area (TPSA) is 84.3 Å². The van der Waals surface area contributed by atoms with Gasteiger partial charge in [0.15, 0.2) is 0 Å². The minimum atomic E-state index is -0.428. The number of carbonyl (C=O) groups excluding carboxylic acids is 1. The first kappa shape index (κ1) is 14.5. The standard InChI is InChI=1S/C14H19N3O3/c1-10-6-7-15-12(8-10)14(18)16-9-11-4-2-3-5-13(11)17(19)20/h2-5,10,12,15H,6-9H2,1H3,(H,16,18). The van der Waals surface area contributed by atoms with Crippen LogP contribution in [0.2, 0.25) is 0 Å². The first-order valence-corrected chi connectivity index (χ1v) is 6.81. The van der Waals surface area contributed by atoms with Gasteiger partial charge in [-0.1, -0.05) is 25.1 Å². The smallest absolute Gasteiger partial charge is 0.274 e. The number of carbonyl (C=O) groups is 1. The molecule has 2 N–H and O–H groups in total. The summed E-state index contributed by atoms with van der Waals surface area (Å²) < 4.78 is 0. The fourth-order valence-corrected chi connectivity index (χ4v) is 2.45. The lowest BCUT2D eigenvalue weighted by Crippen LogP contribution is -2.48. The van der Waals surface area contributed by atoms with E-state index in [2.05, 4.69) is 17.6 Å². The third-order valence-electron chi connectivity index (χ3n) is 3.62. The van der Waals surface area contributed by atoms with E-state index >= 15 is 0 Å². The molecule has 1 aromatic rings. The fraction of sp³-hybridized carbons (Fsp3) is 0.500. The Hall–Kier alpha value is -1.95. The van der Waals surface area contributed by atoms with Crippen LogP contribution in [0.15, 0.2) is 24.3 Å². The van der Waals surface area contributed by atoms with Gasteiger partial charge in [0.05, 0.1) is 11.0 Å². The highest BCUT2D eigenvalue weighted by Gasteiger charge is 2.24. The number of nitro benzene ring substituents is 1. The van der Waals surface area contributed by atoms with Gasteiger partial charge in [-0.25, -0.2) is 0 Å². The average molecular weight is 277 g/mol. The van der Waals surface area contributed by atoms with Gasteiger partial charge < -0.3 is 10.6 Å². The number of hydrogen-bond donors (Lipinski definition) is 2. The maximum atomic E-state index is 12.1. The zero-order valence-electron chi connectivity index (χ0n) is 11.5. The monoisotopic (exact) mass is 277 g/mol. The van der Waals surface area contributed by atoms with Crippen molar-refractivity contribution in [2.24, 2.45) is 5.92 Å². The minimum Gasteiger partial charge on any atom is -0.350 e. The number of benzene rings is 1. The van der Waals surface area contributed by atoms with Crippen LogP contribution in [-0.4, -0.2) is 23.4 Å². The Bertz CT molecular complexity index is 504. The Balaban J connectivity index is 1.95. The minimum absolute atomic E-state index is 0.0396. The Morgan fingerprint density at radius 3 is 2.95 bits per heavy atom. The van der Waals surface area contributed by atoms with Crippen LogP contribution in [0.3, 0.4) is 0 Å². The van der Waals surface area contributed by atoms with E-state index in [4.69, 9.17) is 0 Å². The average Bonchev–Trinajstić information content (AvgIpc) is 2.45. The Morgan fingerprint density at radius 2 is 2.25 bits per heavy atom. The first-order chi connectivity index (χ1) is 9.58. The molecule has 6 nitrogen and oxygen atoms in total. The summed E-state index contributed by atoms with van der Waals surface area (Å²) in [4.78, 5) is 22.5. The molecule has 2 rings (SSSR count). The second-order valence-corrected chi connectivity index (χ2v) is 5.24. The number of rotatable bonds is 4. The van der Waals surface area contributed by atoms with E-state index in [9.17, 15) is 14.9 Å². The molecule has 0 aliphatic carbocycles. The van der Waals surface area contributed by atoms with Crippen LogP contribution in [0.4, 0.5) is 5.69 Å². The molecular weight excluding hydrogens is 258 g/mol. The number of nitrogens with zero attached hydrogens (tertiary/aromatic N) is 1. The van der Waals surface area contributed by atoms with Crippen molar-refractivity contribution in [2.75, 3.05) is 6.54 Å². The summed E-state index contributed by atoms with van der Waals surface area (Å²) >= 11 is 0. The van der Waals surface area contributed by atoms with Crippen molar-refractivity contribution >= 4 is 11.6 Å². The Morgan fingerprint density at radius 1 is 1.50 bits per heavy atom. The van der Waals surface area contributed by atoms with E-state index in [0.717, 1.165) is 19.4 Å². The van der Waals surface area contributed by atoms with Gasteiger partial charge >= 0.3 is 0 Å². The van der Waals surface area contributed by atoms with Crippen molar-refractivity contribution in [1.82, 2.24) is 10.6 Å². The molecule has 1 saturated heterocycles. The number of piperidine rings is 1. The highest BCUT2D eigenvalue weighted by Crippen LogP contribution is 2.18. The highest BCUT2D eigenvalue weighted by molar-refractivity contribution is 5.81. The molecule has 1 fully saturated rings. The third-order valence-corrected chi connectivity index (χ3v) is 3.62. The summed E-state index contributed by atoms with van der Waals surface area (Å²) in [5, 5.41) is 16.8. The summed E-state index contributed by atoms with van der Waals surface area (Å²) in [7, 11) is 0. The van der Waals surface area contributed by atoms with Crippen LogP contribution >= 0.6 is 0 Å². The van der Waals surface area contributed by atoms with Gasteiger partial charge in [-0.15, -0.1) is 0 Å². The SMILES string of the molecule is CC1CCNC(C(=O)NCc2ccccc2[N+](=O)[O-])C1. The number of nitrogens with one attached hydrogen (secondary N) is 2. The Labute approximate surface area is 117 Å². The summed E-state index contributed by atoms with van der Waals surface area (Å²) in [6, 6.07) is 6.27. The van der Waals surface area contributed by atoms with E-state index in [1.54, 1.807) is 18.2 Å². The largest absolute Gasteiger partial charge is 0.350 e. The van der Waals surface area contributed by atoms with Crippen molar-refractivity contribution < 1.29 is 9.72 Å². The number of amides is 1. The molecule has 2 atom stereocenters. The second-order valence-electron chi connectivity index (χ2n) is 5.24. The van der Waals surface area contributed by atoms with Gasteiger partial charge in [-0.3, -0.25) is 14.9 Å². The maximum absolute atomic E-state index is 12.1. The summed E-state index contributed by atoms with van der Waals surface area (Å²) in [5.74, 6) is 0.438. The van der Waals surface area contributed by atoms with E-state index in [1.165, 1.54) is 6.07 Å². The van der Waals surface area contributed by atoms with Gasteiger partial charge in [-0.05, 0) is 25.3 Å². The lowest BCUT2D eigenvalue weighted by molar-refractivity contribution is -0.385. The molecule has 6 heteroatoms. The van der Waals surface area contributed by atoms with Gasteiger partial charge in [-0.2, -0.15) is 0 Å². The maximum Gasteiger partial charge on any atom is 0.274 e. The van der Waals surface area contributed by atoms with Crippen molar-refractivity contribution in [1.29, 1.82) is 0 Å². The molecule has 0 aromatic heterocycles. The fourth-order valence-electron chi connectivity index (χ4n) is 2.45. The number of nitro groups is 1. The lowest BCUT2D eigenvalue weighted by Gasteiger charge is -2.27. The van der Waals surface area contributed by atoms with Crippen LogP contribution in [0.25, 0.3) is 0 Å². The molecule has 0 spiro atoms. The molecule has 1 heterocycles. The quantitative estimate of drug-likeness (QED) is 0.646. The highest BCUT2D eigenvalue weighted by atomic mass is 16.6. The normalized spacial score (nSPS) is 22.2. The van der Waals surface area contributed by atoms with Gasteiger partial charge in [0.2, 0.25) is 5.91 Å². The van der Waals surface area contributed by atoms with Gasteiger partial charge in [0, 0.05) is 18.2 Å². The molecule has 1 aliphatic rings. The number of hydrogen-bond acceptors (Lipinski definition) is 4. The lowest BCUT2D eigenvalue weighted by atomic mass is 9.94. The molecule has 2 unspecified atom stereocenters. The van der Waals surface area contributed by atoms with Crippen molar-refractivity contribution in [2.45, 2.75) is 32.4 Å². The van der Waals surface area contributed by atoms with Crippen LogP contribution in [0.1, 0.15) is 25.3 Å². The van der Waals surface area contributed by atoms with Crippen molar-refractivity contribution in [3.8, 4) is 0 Å². The van der Waals surface area contributed by atoms with E-state index in [0.29, 0.717) is 11.5 Å². The molecule has 1 aliphatic heterocycles. The van der Waals surface area contributed by atoms with Crippen LogP contribution in [0, 0.1) is 16.0 Å². The Kier molecular flexibility index (Phi) is 4.68. The van der Waals surface area contributed by atoms with E-state index < -0.39 is 4.92 Å². The van der Waals surface area contributed by atoms with E-state index in [-0.39, 0.29) is 24.2 Å². The van der Waals surface area contributed by atoms with Gasteiger partial charge in [0.1, 0.15) is 0 Å². The van der Waals surface area contributed by atoms with E-state index in [1.807, 2.05) is 0 Å². The number of para-hydroxylation sites is 1. The zero-order valence-corrected chi connectivity index (χ0v) is 11.5. The van der Waals surface area contributed by atoms with Crippen LogP contribution < -0.4 is 10.6 Å². The predicted molar refractivity (Wildman–Crippen MR) is 75.1 cm³/mol. The summed E-state index contributed by atoms with van der Waals surface area (Å²) in [6.45, 7) is 3.15.